The van der Waals surface area contributed by atoms with Gasteiger partial charge in [-0.2, -0.15) is 0 Å². The molecule has 20 heavy (non-hydrogen) atoms. The average Bonchev–Trinajstić information content (AvgIpc) is 2.45. The monoisotopic (exact) mass is 302 g/mol. The molecule has 1 atom stereocenters. The molecule has 4 nitrogen and oxygen atoms in total. The molecule has 118 valence electrons. The predicted octanol–water partition coefficient (Wildman–Crippen LogP) is 2.22. The highest BCUT2D eigenvalue weighted by atomic mass is 32.2. The van der Waals surface area contributed by atoms with Gasteiger partial charge in [-0.05, 0) is 56.9 Å². The highest BCUT2D eigenvalue weighted by Gasteiger charge is 2.27. The molecular weight excluding hydrogens is 272 g/mol. The van der Waals surface area contributed by atoms with Gasteiger partial charge in [0.15, 0.2) is 0 Å². The second-order valence-electron chi connectivity index (χ2n) is 6.66. The fourth-order valence-electron chi connectivity index (χ4n) is 3.60. The van der Waals surface area contributed by atoms with Crippen LogP contribution in [0.1, 0.15) is 51.9 Å². The van der Waals surface area contributed by atoms with E-state index in [1.54, 1.807) is 4.31 Å². The summed E-state index contributed by atoms with van der Waals surface area (Å²) >= 11 is 0. The molecule has 0 amide bonds. The maximum Gasteiger partial charge on any atom is 0.211 e. The van der Waals surface area contributed by atoms with Crippen LogP contribution in [0.5, 0.6) is 0 Å². The number of piperidine rings is 1. The van der Waals surface area contributed by atoms with Crippen LogP contribution in [0.3, 0.4) is 0 Å². The molecular formula is C15H30N2O2S. The smallest absolute Gasteiger partial charge is 0.211 e. The van der Waals surface area contributed by atoms with E-state index in [4.69, 9.17) is 0 Å². The maximum atomic E-state index is 11.6. The van der Waals surface area contributed by atoms with Crippen molar-refractivity contribution in [2.45, 2.75) is 57.9 Å². The molecule has 1 saturated heterocycles. The largest absolute Gasteiger partial charge is 0.314 e. The van der Waals surface area contributed by atoms with Gasteiger partial charge < -0.3 is 5.32 Å². The van der Waals surface area contributed by atoms with Crippen LogP contribution >= 0.6 is 0 Å². The highest BCUT2D eigenvalue weighted by Crippen LogP contribution is 2.27. The molecule has 2 rings (SSSR count). The fourth-order valence-corrected chi connectivity index (χ4v) is 4.55. The van der Waals surface area contributed by atoms with Gasteiger partial charge in [0.1, 0.15) is 0 Å². The molecule has 1 heterocycles. The molecule has 0 radical (unpaired) electrons. The van der Waals surface area contributed by atoms with E-state index in [-0.39, 0.29) is 0 Å². The van der Waals surface area contributed by atoms with E-state index in [2.05, 4.69) is 12.2 Å². The molecule has 0 spiro atoms. The Bertz CT molecular complexity index is 389. The van der Waals surface area contributed by atoms with Crippen LogP contribution in [0, 0.1) is 11.8 Å². The van der Waals surface area contributed by atoms with Crippen molar-refractivity contribution in [2.24, 2.45) is 11.8 Å². The lowest BCUT2D eigenvalue weighted by molar-refractivity contribution is 0.234. The molecule has 2 aliphatic rings. The van der Waals surface area contributed by atoms with Crippen LogP contribution in [0.25, 0.3) is 0 Å². The van der Waals surface area contributed by atoms with E-state index in [9.17, 15) is 8.42 Å². The molecule has 0 aromatic rings. The van der Waals surface area contributed by atoms with Gasteiger partial charge in [-0.1, -0.05) is 13.3 Å². The number of nitrogens with one attached hydrogen (secondary N) is 1. The summed E-state index contributed by atoms with van der Waals surface area (Å²) in [5, 5.41) is 3.69. The minimum absolute atomic E-state index is 0.488. The Hall–Kier alpha value is -0.130. The van der Waals surface area contributed by atoms with Crippen molar-refractivity contribution in [2.75, 3.05) is 25.9 Å². The van der Waals surface area contributed by atoms with E-state index in [0.717, 1.165) is 25.3 Å². The molecule has 1 aliphatic heterocycles. The van der Waals surface area contributed by atoms with Crippen molar-refractivity contribution < 1.29 is 8.42 Å². The molecule has 2 fully saturated rings. The third-order valence-corrected chi connectivity index (χ3v) is 6.34. The lowest BCUT2D eigenvalue weighted by Crippen LogP contribution is -2.44. The first kappa shape index (κ1) is 16.2. The van der Waals surface area contributed by atoms with Gasteiger partial charge in [0.25, 0.3) is 0 Å². The molecule has 0 bridgehead atoms. The minimum atomic E-state index is -3.01. The first-order valence-electron chi connectivity index (χ1n) is 8.17. The van der Waals surface area contributed by atoms with E-state index in [0.29, 0.717) is 25.0 Å². The van der Waals surface area contributed by atoms with Crippen molar-refractivity contribution >= 4 is 10.0 Å². The second kappa shape index (κ2) is 7.23. The van der Waals surface area contributed by atoms with Crippen LogP contribution in [-0.2, 0) is 10.0 Å². The zero-order valence-corrected chi connectivity index (χ0v) is 13.8. The van der Waals surface area contributed by atoms with Crippen LogP contribution in [0.2, 0.25) is 0 Å². The van der Waals surface area contributed by atoms with Crippen molar-refractivity contribution in [1.82, 2.24) is 9.62 Å². The molecule has 1 saturated carbocycles. The SMILES string of the molecule is CCC1CCC(NCC2CCCN(S(C)(=O)=O)C2)CC1. The molecule has 0 aromatic heterocycles. The maximum absolute atomic E-state index is 11.6. The van der Waals surface area contributed by atoms with Crippen molar-refractivity contribution in [1.29, 1.82) is 0 Å². The first-order valence-corrected chi connectivity index (χ1v) is 10.0. The van der Waals surface area contributed by atoms with Gasteiger partial charge in [0.2, 0.25) is 10.0 Å². The summed E-state index contributed by atoms with van der Waals surface area (Å²) in [4.78, 5) is 0. The van der Waals surface area contributed by atoms with Gasteiger partial charge >= 0.3 is 0 Å². The van der Waals surface area contributed by atoms with Gasteiger partial charge in [0, 0.05) is 19.1 Å². The molecule has 1 N–H and O–H groups in total. The third kappa shape index (κ3) is 4.71. The Kier molecular flexibility index (Phi) is 5.87. The number of rotatable bonds is 5. The van der Waals surface area contributed by atoms with Crippen molar-refractivity contribution in [3.05, 3.63) is 0 Å². The van der Waals surface area contributed by atoms with Gasteiger partial charge in [0.05, 0.1) is 6.26 Å². The zero-order chi connectivity index (χ0) is 14.6. The minimum Gasteiger partial charge on any atom is -0.314 e. The summed E-state index contributed by atoms with van der Waals surface area (Å²) in [5.74, 6) is 1.42. The normalized spacial score (nSPS) is 33.2. The number of sulfonamides is 1. The molecule has 1 aliphatic carbocycles. The summed E-state index contributed by atoms with van der Waals surface area (Å²) in [6.07, 6.45) is 10.1. The average molecular weight is 302 g/mol. The Morgan fingerprint density at radius 3 is 2.40 bits per heavy atom. The standard InChI is InChI=1S/C15H30N2O2S/c1-3-13-6-8-15(9-7-13)16-11-14-5-4-10-17(12-14)20(2,18)19/h13-16H,3-12H2,1-2H3. The van der Waals surface area contributed by atoms with Crippen LogP contribution < -0.4 is 5.32 Å². The summed E-state index contributed by atoms with van der Waals surface area (Å²) < 4.78 is 24.9. The lowest BCUT2D eigenvalue weighted by Gasteiger charge is -2.34. The van der Waals surface area contributed by atoms with Gasteiger partial charge in [-0.3, -0.25) is 0 Å². The predicted molar refractivity (Wildman–Crippen MR) is 83.2 cm³/mol. The summed E-state index contributed by atoms with van der Waals surface area (Å²) in [5.41, 5.74) is 0. The number of nitrogens with zero attached hydrogens (tertiary/aromatic N) is 1. The first-order chi connectivity index (χ1) is 9.49. The van der Waals surface area contributed by atoms with E-state index >= 15 is 0 Å². The fraction of sp³-hybridized carbons (Fsp3) is 1.00. The van der Waals surface area contributed by atoms with E-state index < -0.39 is 10.0 Å². The third-order valence-electron chi connectivity index (χ3n) is 5.07. The summed E-state index contributed by atoms with van der Waals surface area (Å²) in [7, 11) is -3.01. The van der Waals surface area contributed by atoms with E-state index in [1.165, 1.54) is 38.4 Å². The van der Waals surface area contributed by atoms with Crippen LogP contribution in [-0.4, -0.2) is 44.7 Å². The number of hydrogen-bond acceptors (Lipinski definition) is 3. The second-order valence-corrected chi connectivity index (χ2v) is 8.65. The summed E-state index contributed by atoms with van der Waals surface area (Å²) in [6.45, 7) is 4.68. The Balaban J connectivity index is 1.72. The van der Waals surface area contributed by atoms with Gasteiger partial charge in [-0.25, -0.2) is 12.7 Å². The van der Waals surface area contributed by atoms with Crippen molar-refractivity contribution in [3.63, 3.8) is 0 Å². The molecule has 0 aromatic carbocycles. The van der Waals surface area contributed by atoms with Crippen LogP contribution in [0.15, 0.2) is 0 Å². The summed E-state index contributed by atoms with van der Waals surface area (Å²) in [6, 6.07) is 0.659. The van der Waals surface area contributed by atoms with Crippen LogP contribution in [0.4, 0.5) is 0 Å². The Morgan fingerprint density at radius 2 is 1.80 bits per heavy atom. The van der Waals surface area contributed by atoms with E-state index in [1.807, 2.05) is 0 Å². The quantitative estimate of drug-likeness (QED) is 0.847. The number of hydrogen-bond donors (Lipinski definition) is 1. The van der Waals surface area contributed by atoms with Gasteiger partial charge in [-0.15, -0.1) is 0 Å². The Morgan fingerprint density at radius 1 is 1.10 bits per heavy atom. The lowest BCUT2D eigenvalue weighted by atomic mass is 9.84. The van der Waals surface area contributed by atoms with Crippen molar-refractivity contribution in [3.8, 4) is 0 Å². The topological polar surface area (TPSA) is 49.4 Å². The highest BCUT2D eigenvalue weighted by molar-refractivity contribution is 7.88. The molecule has 1 unspecified atom stereocenters. The molecule has 5 heteroatoms. The Labute approximate surface area is 124 Å². The zero-order valence-electron chi connectivity index (χ0n) is 13.0.